The normalized spacial score (nSPS) is 30.8. The van der Waals surface area contributed by atoms with Gasteiger partial charge in [-0.05, 0) is 38.1 Å². The minimum Gasteiger partial charge on any atom is -0.377 e. The van der Waals surface area contributed by atoms with Crippen LogP contribution in [0.1, 0.15) is 45.4 Å². The van der Waals surface area contributed by atoms with Gasteiger partial charge in [0, 0.05) is 12.6 Å². The van der Waals surface area contributed by atoms with E-state index in [0.29, 0.717) is 12.1 Å². The second-order valence-electron chi connectivity index (χ2n) is 6.62. The Bertz CT molecular complexity index is 408. The summed E-state index contributed by atoms with van der Waals surface area (Å²) in [5, 5.41) is 4.23. The number of hydrogen-bond donors (Lipinski definition) is 0. The van der Waals surface area contributed by atoms with Crippen molar-refractivity contribution in [3.05, 3.63) is 12.7 Å². The molecule has 5 heteroatoms. The van der Waals surface area contributed by atoms with E-state index in [1.807, 2.05) is 11.0 Å². The molecule has 2 aliphatic rings. The summed E-state index contributed by atoms with van der Waals surface area (Å²) in [4.78, 5) is 6.59. The van der Waals surface area contributed by atoms with Gasteiger partial charge in [-0.1, -0.05) is 19.8 Å². The molecule has 0 bridgehead atoms. The summed E-state index contributed by atoms with van der Waals surface area (Å²) in [6, 6.07) is 0.596. The minimum atomic E-state index is 0.495. The third kappa shape index (κ3) is 4.04. The molecule has 0 unspecified atom stereocenters. The first-order chi connectivity index (χ1) is 10.3. The molecule has 118 valence electrons. The maximum absolute atomic E-state index is 6.16. The van der Waals surface area contributed by atoms with Crippen LogP contribution in [0.3, 0.4) is 0 Å². The zero-order valence-electron chi connectivity index (χ0n) is 13.2. The van der Waals surface area contributed by atoms with Crippen LogP contribution < -0.4 is 0 Å². The first-order valence-corrected chi connectivity index (χ1v) is 8.51. The van der Waals surface area contributed by atoms with E-state index >= 15 is 0 Å². The van der Waals surface area contributed by atoms with Gasteiger partial charge in [-0.2, -0.15) is 5.10 Å². The van der Waals surface area contributed by atoms with Gasteiger partial charge in [-0.3, -0.25) is 9.58 Å². The lowest BCUT2D eigenvalue weighted by molar-refractivity contribution is -0.0155. The summed E-state index contributed by atoms with van der Waals surface area (Å²) in [6.45, 7) is 6.43. The van der Waals surface area contributed by atoms with Crippen LogP contribution >= 0.6 is 0 Å². The standard InChI is InChI=1S/C16H28N4O/c1-14-5-2-3-7-16(14)21-10-9-19-8-4-6-15(19)11-20-13-17-12-18-20/h12-16H,2-11H2,1H3/t14-,15+,16+/m1/s1. The highest BCUT2D eigenvalue weighted by molar-refractivity contribution is 4.80. The summed E-state index contributed by atoms with van der Waals surface area (Å²) >= 11 is 0. The average molecular weight is 292 g/mol. The van der Waals surface area contributed by atoms with Crippen molar-refractivity contribution in [2.24, 2.45) is 5.92 Å². The van der Waals surface area contributed by atoms with Crippen molar-refractivity contribution in [2.45, 2.75) is 64.1 Å². The monoisotopic (exact) mass is 292 g/mol. The molecule has 1 aromatic heterocycles. The molecule has 2 fully saturated rings. The second kappa shape index (κ2) is 7.36. The highest BCUT2D eigenvalue weighted by atomic mass is 16.5. The quantitative estimate of drug-likeness (QED) is 0.807. The fraction of sp³-hybridized carbons (Fsp3) is 0.875. The Morgan fingerprint density at radius 1 is 1.19 bits per heavy atom. The van der Waals surface area contributed by atoms with Gasteiger partial charge < -0.3 is 4.74 Å². The van der Waals surface area contributed by atoms with Gasteiger partial charge in [-0.25, -0.2) is 4.98 Å². The molecule has 0 radical (unpaired) electrons. The van der Waals surface area contributed by atoms with Crippen molar-refractivity contribution >= 4 is 0 Å². The first-order valence-electron chi connectivity index (χ1n) is 8.51. The van der Waals surface area contributed by atoms with Crippen molar-refractivity contribution in [3.8, 4) is 0 Å². The van der Waals surface area contributed by atoms with E-state index in [1.165, 1.54) is 45.1 Å². The Hall–Kier alpha value is -0.940. The molecule has 5 nitrogen and oxygen atoms in total. The Morgan fingerprint density at radius 2 is 2.10 bits per heavy atom. The van der Waals surface area contributed by atoms with Crippen LogP contribution in [0.2, 0.25) is 0 Å². The molecule has 2 heterocycles. The molecule has 0 amide bonds. The van der Waals surface area contributed by atoms with Gasteiger partial charge in [-0.15, -0.1) is 0 Å². The molecule has 0 spiro atoms. The zero-order chi connectivity index (χ0) is 14.5. The van der Waals surface area contributed by atoms with Crippen LogP contribution in [0.25, 0.3) is 0 Å². The van der Waals surface area contributed by atoms with Gasteiger partial charge in [0.05, 0.1) is 19.3 Å². The first kappa shape index (κ1) is 15.0. The Kier molecular flexibility index (Phi) is 5.25. The van der Waals surface area contributed by atoms with Crippen LogP contribution in [0.4, 0.5) is 0 Å². The summed E-state index contributed by atoms with van der Waals surface area (Å²) < 4.78 is 8.12. The largest absolute Gasteiger partial charge is 0.377 e. The number of hydrogen-bond acceptors (Lipinski definition) is 4. The maximum Gasteiger partial charge on any atom is 0.137 e. The third-order valence-corrected chi connectivity index (χ3v) is 5.11. The van der Waals surface area contributed by atoms with Crippen molar-refractivity contribution in [3.63, 3.8) is 0 Å². The molecule has 1 saturated carbocycles. The van der Waals surface area contributed by atoms with E-state index in [2.05, 4.69) is 21.9 Å². The van der Waals surface area contributed by atoms with E-state index < -0.39 is 0 Å². The SMILES string of the molecule is C[C@@H]1CCCC[C@@H]1OCCN1CCC[C@H]1Cn1cncn1. The fourth-order valence-electron chi connectivity index (χ4n) is 3.79. The van der Waals surface area contributed by atoms with Crippen LogP contribution in [0, 0.1) is 5.92 Å². The van der Waals surface area contributed by atoms with Gasteiger partial charge in [0.25, 0.3) is 0 Å². The number of likely N-dealkylation sites (tertiary alicyclic amines) is 1. The molecule has 21 heavy (non-hydrogen) atoms. The van der Waals surface area contributed by atoms with Crippen LogP contribution in [-0.2, 0) is 11.3 Å². The third-order valence-electron chi connectivity index (χ3n) is 5.11. The Morgan fingerprint density at radius 3 is 2.90 bits per heavy atom. The van der Waals surface area contributed by atoms with E-state index in [0.717, 1.165) is 25.6 Å². The van der Waals surface area contributed by atoms with E-state index in [9.17, 15) is 0 Å². The summed E-state index contributed by atoms with van der Waals surface area (Å²) in [6.07, 6.45) is 11.8. The van der Waals surface area contributed by atoms with Gasteiger partial charge in [0.2, 0.25) is 0 Å². The summed E-state index contributed by atoms with van der Waals surface area (Å²) in [5.74, 6) is 0.739. The van der Waals surface area contributed by atoms with Crippen molar-refractivity contribution in [2.75, 3.05) is 19.7 Å². The lowest BCUT2D eigenvalue weighted by atomic mass is 9.88. The molecule has 0 N–H and O–H groups in total. The summed E-state index contributed by atoms with van der Waals surface area (Å²) in [7, 11) is 0. The van der Waals surface area contributed by atoms with Crippen molar-refractivity contribution < 1.29 is 4.74 Å². The molecule has 3 atom stereocenters. The Balaban J connectivity index is 1.41. The van der Waals surface area contributed by atoms with Crippen LogP contribution in [0.15, 0.2) is 12.7 Å². The fourth-order valence-corrected chi connectivity index (χ4v) is 3.79. The lowest BCUT2D eigenvalue weighted by Gasteiger charge is -2.30. The van der Waals surface area contributed by atoms with E-state index in [4.69, 9.17) is 4.74 Å². The molecule has 0 aromatic carbocycles. The highest BCUT2D eigenvalue weighted by Crippen LogP contribution is 2.26. The number of ether oxygens (including phenoxy) is 1. The molecule has 1 aliphatic heterocycles. The Labute approximate surface area is 127 Å². The predicted molar refractivity (Wildman–Crippen MR) is 82.0 cm³/mol. The molecule has 1 aromatic rings. The van der Waals surface area contributed by atoms with Crippen LogP contribution in [0.5, 0.6) is 0 Å². The van der Waals surface area contributed by atoms with E-state index in [-0.39, 0.29) is 0 Å². The number of nitrogens with zero attached hydrogens (tertiary/aromatic N) is 4. The molecule has 1 saturated heterocycles. The van der Waals surface area contributed by atoms with E-state index in [1.54, 1.807) is 6.33 Å². The van der Waals surface area contributed by atoms with Crippen LogP contribution in [-0.4, -0.2) is 51.5 Å². The van der Waals surface area contributed by atoms with Gasteiger partial charge in [0.15, 0.2) is 0 Å². The minimum absolute atomic E-state index is 0.495. The predicted octanol–water partition coefficient (Wildman–Crippen LogP) is 2.34. The van der Waals surface area contributed by atoms with Crippen molar-refractivity contribution in [1.29, 1.82) is 0 Å². The summed E-state index contributed by atoms with van der Waals surface area (Å²) in [5.41, 5.74) is 0. The molecular weight excluding hydrogens is 264 g/mol. The van der Waals surface area contributed by atoms with Crippen molar-refractivity contribution in [1.82, 2.24) is 19.7 Å². The zero-order valence-corrected chi connectivity index (χ0v) is 13.2. The number of aromatic nitrogens is 3. The molecule has 1 aliphatic carbocycles. The number of rotatable bonds is 6. The molecule has 3 rings (SSSR count). The lowest BCUT2D eigenvalue weighted by Crippen LogP contribution is -2.37. The topological polar surface area (TPSA) is 43.2 Å². The van der Waals surface area contributed by atoms with Gasteiger partial charge >= 0.3 is 0 Å². The second-order valence-corrected chi connectivity index (χ2v) is 6.62. The molecular formula is C16H28N4O. The average Bonchev–Trinajstić information content (AvgIpc) is 3.14. The van der Waals surface area contributed by atoms with Gasteiger partial charge in [0.1, 0.15) is 12.7 Å². The maximum atomic E-state index is 6.16. The smallest absolute Gasteiger partial charge is 0.137 e. The highest BCUT2D eigenvalue weighted by Gasteiger charge is 2.26.